The van der Waals surface area contributed by atoms with Crippen LogP contribution in [-0.2, 0) is 10.0 Å². The maximum Gasteiger partial charge on any atom is 0.337 e. The standard InChI is InChI=1S/C10H9BrClF2NO5S/c11-7-2-5(1-6(8(7)12)9(17)18)21(19,20)15-3-10(13,14)4-16/h1-2,15-16H,3-4H2,(H,17,18). The van der Waals surface area contributed by atoms with Gasteiger partial charge in [0.25, 0.3) is 5.92 Å². The third-order valence-corrected chi connectivity index (χ3v) is 4.94. The monoisotopic (exact) mass is 407 g/mol. The Labute approximate surface area is 131 Å². The van der Waals surface area contributed by atoms with Crippen LogP contribution in [0.4, 0.5) is 8.78 Å². The normalized spacial score (nSPS) is 12.4. The third-order valence-electron chi connectivity index (χ3n) is 2.29. The van der Waals surface area contributed by atoms with Crippen molar-refractivity contribution in [1.29, 1.82) is 0 Å². The number of hydrogen-bond acceptors (Lipinski definition) is 4. The van der Waals surface area contributed by atoms with Crippen LogP contribution in [0.25, 0.3) is 0 Å². The van der Waals surface area contributed by atoms with Crippen molar-refractivity contribution < 1.29 is 32.2 Å². The number of carboxylic acid groups (broad SMARTS) is 1. The van der Waals surface area contributed by atoms with Crippen LogP contribution in [0.5, 0.6) is 0 Å². The first-order chi connectivity index (χ1) is 9.50. The van der Waals surface area contributed by atoms with Gasteiger partial charge in [-0.3, -0.25) is 0 Å². The Morgan fingerprint density at radius 3 is 2.48 bits per heavy atom. The number of nitrogens with one attached hydrogen (secondary N) is 1. The molecule has 11 heteroatoms. The average molecular weight is 409 g/mol. The molecular weight excluding hydrogens is 400 g/mol. The lowest BCUT2D eigenvalue weighted by Crippen LogP contribution is -2.39. The number of sulfonamides is 1. The smallest absolute Gasteiger partial charge is 0.337 e. The second-order valence-corrected chi connectivity index (χ2v) is 6.91. The van der Waals surface area contributed by atoms with Gasteiger partial charge in [0.1, 0.15) is 6.61 Å². The van der Waals surface area contributed by atoms with E-state index in [2.05, 4.69) is 15.9 Å². The zero-order valence-electron chi connectivity index (χ0n) is 10.1. The van der Waals surface area contributed by atoms with E-state index in [1.165, 1.54) is 0 Å². The summed E-state index contributed by atoms with van der Waals surface area (Å²) in [6, 6.07) is 1.73. The summed E-state index contributed by atoms with van der Waals surface area (Å²) in [5.41, 5.74) is -0.500. The number of carbonyl (C=O) groups is 1. The van der Waals surface area contributed by atoms with Gasteiger partial charge in [-0.1, -0.05) is 11.6 Å². The molecule has 0 aliphatic rings. The van der Waals surface area contributed by atoms with Crippen LogP contribution in [-0.4, -0.2) is 43.7 Å². The molecule has 0 heterocycles. The molecule has 21 heavy (non-hydrogen) atoms. The quantitative estimate of drug-likeness (QED) is 0.665. The van der Waals surface area contributed by atoms with Crippen molar-refractivity contribution >= 4 is 43.5 Å². The summed E-state index contributed by atoms with van der Waals surface area (Å²) >= 11 is 8.57. The maximum atomic E-state index is 12.8. The summed E-state index contributed by atoms with van der Waals surface area (Å²) in [6.07, 6.45) is 0. The second kappa shape index (κ2) is 6.53. The summed E-state index contributed by atoms with van der Waals surface area (Å²) in [6.45, 7) is -2.85. The molecule has 0 bridgehead atoms. The minimum atomic E-state index is -4.39. The number of halogens is 4. The SMILES string of the molecule is O=C(O)c1cc(S(=O)(=O)NCC(F)(F)CO)cc(Br)c1Cl. The first kappa shape index (κ1) is 18.2. The van der Waals surface area contributed by atoms with Crippen molar-refractivity contribution in [2.45, 2.75) is 10.8 Å². The maximum absolute atomic E-state index is 12.8. The number of aromatic carboxylic acids is 1. The van der Waals surface area contributed by atoms with Crippen molar-refractivity contribution in [3.8, 4) is 0 Å². The van der Waals surface area contributed by atoms with Crippen molar-refractivity contribution in [2.24, 2.45) is 0 Å². The molecule has 0 aliphatic carbocycles. The topological polar surface area (TPSA) is 104 Å². The summed E-state index contributed by atoms with van der Waals surface area (Å²) in [4.78, 5) is 10.4. The van der Waals surface area contributed by atoms with Crippen LogP contribution in [0.2, 0.25) is 5.02 Å². The van der Waals surface area contributed by atoms with Gasteiger partial charge >= 0.3 is 5.97 Å². The molecule has 0 atom stereocenters. The molecular formula is C10H9BrClF2NO5S. The molecule has 0 unspecified atom stereocenters. The van der Waals surface area contributed by atoms with Gasteiger partial charge in [-0.25, -0.2) is 26.7 Å². The largest absolute Gasteiger partial charge is 0.478 e. The summed E-state index contributed by atoms with van der Waals surface area (Å²) < 4.78 is 51.0. The first-order valence-corrected chi connectivity index (χ1v) is 7.86. The minimum Gasteiger partial charge on any atom is -0.478 e. The Morgan fingerprint density at radius 2 is 2.00 bits per heavy atom. The molecule has 0 aromatic heterocycles. The Balaban J connectivity index is 3.18. The summed E-state index contributed by atoms with van der Waals surface area (Å²) in [7, 11) is -4.39. The Morgan fingerprint density at radius 1 is 1.43 bits per heavy atom. The van der Waals surface area contributed by atoms with Crippen LogP contribution in [0.15, 0.2) is 21.5 Å². The molecule has 1 aromatic carbocycles. The van der Waals surface area contributed by atoms with E-state index in [1.54, 1.807) is 4.72 Å². The number of aliphatic hydroxyl groups excluding tert-OH is 1. The van der Waals surface area contributed by atoms with Crippen molar-refractivity contribution in [3.63, 3.8) is 0 Å². The van der Waals surface area contributed by atoms with E-state index in [0.29, 0.717) is 0 Å². The molecule has 0 radical (unpaired) electrons. The van der Waals surface area contributed by atoms with Gasteiger partial charge in [0.2, 0.25) is 10.0 Å². The number of hydrogen-bond donors (Lipinski definition) is 3. The number of carboxylic acids is 1. The molecule has 0 fully saturated rings. The first-order valence-electron chi connectivity index (χ1n) is 5.21. The number of aliphatic hydroxyl groups is 1. The lowest BCUT2D eigenvalue weighted by molar-refractivity contribution is -0.0437. The molecule has 6 nitrogen and oxygen atoms in total. The second-order valence-electron chi connectivity index (χ2n) is 3.91. The Kier molecular flexibility index (Phi) is 5.67. The predicted molar refractivity (Wildman–Crippen MR) is 73.3 cm³/mol. The van der Waals surface area contributed by atoms with E-state index in [1.807, 2.05) is 0 Å². The zero-order chi connectivity index (χ0) is 16.4. The van der Waals surface area contributed by atoms with Crippen molar-refractivity contribution in [3.05, 3.63) is 27.2 Å². The fraction of sp³-hybridized carbons (Fsp3) is 0.300. The Hall–Kier alpha value is -0.810. The fourth-order valence-corrected chi connectivity index (χ4v) is 3.13. The van der Waals surface area contributed by atoms with E-state index < -0.39 is 45.5 Å². The van der Waals surface area contributed by atoms with E-state index in [9.17, 15) is 22.0 Å². The summed E-state index contributed by atoms with van der Waals surface area (Å²) in [5.74, 6) is -5.11. The van der Waals surface area contributed by atoms with Crippen molar-refractivity contribution in [2.75, 3.05) is 13.2 Å². The highest BCUT2D eigenvalue weighted by Crippen LogP contribution is 2.30. The van der Waals surface area contributed by atoms with Gasteiger partial charge in [-0.15, -0.1) is 0 Å². The molecule has 118 valence electrons. The number of rotatable bonds is 6. The van der Waals surface area contributed by atoms with E-state index >= 15 is 0 Å². The summed E-state index contributed by atoms with van der Waals surface area (Å²) in [5, 5.41) is 17.1. The Bertz CT molecular complexity index is 668. The molecule has 3 N–H and O–H groups in total. The minimum absolute atomic E-state index is 0.0154. The van der Waals surface area contributed by atoms with Gasteiger partial charge in [-0.05, 0) is 28.1 Å². The highest BCUT2D eigenvalue weighted by molar-refractivity contribution is 9.10. The molecule has 1 aromatic rings. The fourth-order valence-electron chi connectivity index (χ4n) is 1.21. The van der Waals surface area contributed by atoms with Gasteiger partial charge < -0.3 is 10.2 Å². The number of alkyl halides is 2. The molecule has 0 saturated carbocycles. The van der Waals surface area contributed by atoms with Crippen molar-refractivity contribution in [1.82, 2.24) is 4.72 Å². The van der Waals surface area contributed by atoms with Gasteiger partial charge in [0.05, 0.1) is 22.0 Å². The third kappa shape index (κ3) is 4.58. The van der Waals surface area contributed by atoms with E-state index in [-0.39, 0.29) is 9.50 Å². The van der Waals surface area contributed by atoms with Gasteiger partial charge in [0.15, 0.2) is 0 Å². The van der Waals surface area contributed by atoms with Crippen LogP contribution >= 0.6 is 27.5 Å². The lowest BCUT2D eigenvalue weighted by atomic mass is 10.2. The van der Waals surface area contributed by atoms with E-state index in [4.69, 9.17) is 21.8 Å². The molecule has 0 amide bonds. The van der Waals surface area contributed by atoms with Crippen LogP contribution in [0.1, 0.15) is 10.4 Å². The molecule has 1 rings (SSSR count). The van der Waals surface area contributed by atoms with Gasteiger partial charge in [0, 0.05) is 4.47 Å². The van der Waals surface area contributed by atoms with Gasteiger partial charge in [-0.2, -0.15) is 0 Å². The average Bonchev–Trinajstić information content (AvgIpc) is 2.39. The van der Waals surface area contributed by atoms with Crippen LogP contribution in [0.3, 0.4) is 0 Å². The predicted octanol–water partition coefficient (Wildman–Crippen LogP) is 1.71. The molecule has 0 aliphatic heterocycles. The number of benzene rings is 1. The molecule has 0 spiro atoms. The highest BCUT2D eigenvalue weighted by Gasteiger charge is 2.31. The van der Waals surface area contributed by atoms with E-state index in [0.717, 1.165) is 12.1 Å². The lowest BCUT2D eigenvalue weighted by Gasteiger charge is -2.15. The molecule has 0 saturated heterocycles. The highest BCUT2D eigenvalue weighted by atomic mass is 79.9. The van der Waals surface area contributed by atoms with Crippen LogP contribution in [0, 0.1) is 0 Å². The van der Waals surface area contributed by atoms with Crippen LogP contribution < -0.4 is 4.72 Å². The zero-order valence-corrected chi connectivity index (χ0v) is 13.3.